The topological polar surface area (TPSA) is 0 Å². The summed E-state index contributed by atoms with van der Waals surface area (Å²) in [4.78, 5) is 0. The maximum Gasteiger partial charge on any atom is 0.123 e. The summed E-state index contributed by atoms with van der Waals surface area (Å²) in [6, 6.07) is 7.07. The molecule has 0 saturated heterocycles. The molecule has 1 aromatic rings. The fourth-order valence-corrected chi connectivity index (χ4v) is 5.17. The lowest BCUT2D eigenvalue weighted by Gasteiger charge is -2.29. The van der Waals surface area contributed by atoms with Crippen LogP contribution in [-0.4, -0.2) is 0 Å². The number of rotatable bonds is 8. The second-order valence-corrected chi connectivity index (χ2v) is 9.25. The average molecular weight is 371 g/mol. The van der Waals surface area contributed by atoms with Gasteiger partial charge in [-0.25, -0.2) is 4.39 Å². The Morgan fingerprint density at radius 3 is 1.81 bits per heavy atom. The zero-order chi connectivity index (χ0) is 18.9. The largest absolute Gasteiger partial charge is 0.207 e. The van der Waals surface area contributed by atoms with Crippen molar-refractivity contribution >= 4 is 0 Å². The Labute approximate surface area is 166 Å². The molecule has 0 nitrogen and oxygen atoms in total. The number of aryl methyl sites for hydroxylation is 1. The summed E-state index contributed by atoms with van der Waals surface area (Å²) in [5, 5.41) is 0. The smallest absolute Gasteiger partial charge is 0.123 e. The molecule has 2 aliphatic carbocycles. The molecule has 1 aromatic carbocycles. The van der Waals surface area contributed by atoms with Crippen LogP contribution in [0.5, 0.6) is 0 Å². The number of halogens is 1. The molecular formula is C26H39F. The van der Waals surface area contributed by atoms with E-state index >= 15 is 0 Å². The van der Waals surface area contributed by atoms with E-state index in [0.29, 0.717) is 0 Å². The van der Waals surface area contributed by atoms with Crippen LogP contribution < -0.4 is 0 Å². The van der Waals surface area contributed by atoms with Crippen LogP contribution in [0.3, 0.4) is 0 Å². The molecule has 3 rings (SSSR count). The Bertz CT molecular complexity index is 542. The Morgan fingerprint density at radius 2 is 1.30 bits per heavy atom. The van der Waals surface area contributed by atoms with E-state index in [-0.39, 0.29) is 5.82 Å². The first-order chi connectivity index (χ1) is 13.2. The molecule has 2 fully saturated rings. The van der Waals surface area contributed by atoms with Crippen LogP contribution in [0.2, 0.25) is 0 Å². The van der Waals surface area contributed by atoms with E-state index in [4.69, 9.17) is 0 Å². The third-order valence-corrected chi connectivity index (χ3v) is 7.16. The first kappa shape index (κ1) is 20.6. The molecule has 27 heavy (non-hydrogen) atoms. The second-order valence-electron chi connectivity index (χ2n) is 9.25. The van der Waals surface area contributed by atoms with Crippen LogP contribution in [0.1, 0.15) is 89.5 Å². The standard InChI is InChI=1S/C26H39F/c1-2-3-4-21-5-7-22(8-6-21)9-10-23-11-13-24(14-12-23)15-16-25-17-19-26(27)20-18-25/h9-10,17-24H,2-8,11-16H2,1H3. The summed E-state index contributed by atoms with van der Waals surface area (Å²) < 4.78 is 13.0. The number of allylic oxidation sites excluding steroid dienone is 2. The zero-order valence-electron chi connectivity index (χ0n) is 17.3. The van der Waals surface area contributed by atoms with Gasteiger partial charge in [-0.3, -0.25) is 0 Å². The highest BCUT2D eigenvalue weighted by Gasteiger charge is 2.21. The molecule has 0 spiro atoms. The van der Waals surface area contributed by atoms with Crippen molar-refractivity contribution in [3.63, 3.8) is 0 Å². The molecule has 0 atom stereocenters. The van der Waals surface area contributed by atoms with Crippen molar-refractivity contribution in [3.05, 3.63) is 47.8 Å². The lowest BCUT2D eigenvalue weighted by Crippen LogP contribution is -2.15. The lowest BCUT2D eigenvalue weighted by atomic mass is 9.77. The van der Waals surface area contributed by atoms with Gasteiger partial charge in [0.15, 0.2) is 0 Å². The quantitative estimate of drug-likeness (QED) is 0.405. The molecule has 2 saturated carbocycles. The first-order valence-electron chi connectivity index (χ1n) is 11.7. The molecule has 0 unspecified atom stereocenters. The Hall–Kier alpha value is -1.11. The van der Waals surface area contributed by atoms with Crippen molar-refractivity contribution in [2.75, 3.05) is 0 Å². The Balaban J connectivity index is 1.31. The van der Waals surface area contributed by atoms with E-state index < -0.39 is 0 Å². The highest BCUT2D eigenvalue weighted by atomic mass is 19.1. The van der Waals surface area contributed by atoms with Gasteiger partial charge in [0, 0.05) is 0 Å². The summed E-state index contributed by atoms with van der Waals surface area (Å²) in [7, 11) is 0. The summed E-state index contributed by atoms with van der Waals surface area (Å²) in [6.45, 7) is 2.31. The maximum absolute atomic E-state index is 13.0. The molecule has 0 heterocycles. The van der Waals surface area contributed by atoms with Gasteiger partial charge in [-0.2, -0.15) is 0 Å². The fourth-order valence-electron chi connectivity index (χ4n) is 5.17. The van der Waals surface area contributed by atoms with Crippen molar-refractivity contribution in [1.82, 2.24) is 0 Å². The van der Waals surface area contributed by atoms with Gasteiger partial charge in [0.1, 0.15) is 5.82 Å². The van der Waals surface area contributed by atoms with Gasteiger partial charge >= 0.3 is 0 Å². The first-order valence-corrected chi connectivity index (χ1v) is 11.7. The van der Waals surface area contributed by atoms with Gasteiger partial charge in [-0.15, -0.1) is 0 Å². The minimum Gasteiger partial charge on any atom is -0.207 e. The maximum atomic E-state index is 13.0. The van der Waals surface area contributed by atoms with Crippen LogP contribution in [0, 0.1) is 29.5 Å². The minimum absolute atomic E-state index is 0.125. The normalized spacial score (nSPS) is 29.3. The van der Waals surface area contributed by atoms with Gasteiger partial charge < -0.3 is 0 Å². The third-order valence-electron chi connectivity index (χ3n) is 7.16. The zero-order valence-corrected chi connectivity index (χ0v) is 17.3. The lowest BCUT2D eigenvalue weighted by molar-refractivity contribution is 0.283. The molecule has 0 N–H and O–H groups in total. The van der Waals surface area contributed by atoms with Crippen LogP contribution in [0.4, 0.5) is 4.39 Å². The van der Waals surface area contributed by atoms with Crippen LogP contribution in [0.15, 0.2) is 36.4 Å². The molecule has 0 aliphatic heterocycles. The average Bonchev–Trinajstić information content (AvgIpc) is 2.72. The van der Waals surface area contributed by atoms with Crippen LogP contribution in [-0.2, 0) is 6.42 Å². The van der Waals surface area contributed by atoms with E-state index in [1.54, 1.807) is 12.1 Å². The number of benzene rings is 1. The van der Waals surface area contributed by atoms with Gasteiger partial charge in [0.25, 0.3) is 0 Å². The number of hydrogen-bond donors (Lipinski definition) is 0. The predicted molar refractivity (Wildman–Crippen MR) is 114 cm³/mol. The van der Waals surface area contributed by atoms with E-state index in [0.717, 1.165) is 30.1 Å². The summed E-state index contributed by atoms with van der Waals surface area (Å²) >= 11 is 0. The molecule has 0 aromatic heterocycles. The highest BCUT2D eigenvalue weighted by molar-refractivity contribution is 5.16. The number of hydrogen-bond acceptors (Lipinski definition) is 0. The van der Waals surface area contributed by atoms with Gasteiger partial charge in [0.05, 0.1) is 0 Å². The molecule has 0 radical (unpaired) electrons. The Morgan fingerprint density at radius 1 is 0.778 bits per heavy atom. The second kappa shape index (κ2) is 11.0. The molecule has 1 heteroatoms. The Kier molecular flexibility index (Phi) is 8.42. The van der Waals surface area contributed by atoms with Gasteiger partial charge in [-0.05, 0) is 106 Å². The summed E-state index contributed by atoms with van der Waals surface area (Å²) in [6.07, 6.45) is 23.1. The van der Waals surface area contributed by atoms with E-state index in [1.807, 2.05) is 12.1 Å². The molecule has 0 bridgehead atoms. The monoisotopic (exact) mass is 370 g/mol. The van der Waals surface area contributed by atoms with Crippen molar-refractivity contribution < 1.29 is 4.39 Å². The van der Waals surface area contributed by atoms with E-state index in [9.17, 15) is 4.39 Å². The molecule has 150 valence electrons. The van der Waals surface area contributed by atoms with Crippen molar-refractivity contribution in [1.29, 1.82) is 0 Å². The highest BCUT2D eigenvalue weighted by Crippen LogP contribution is 2.35. The van der Waals surface area contributed by atoms with E-state index in [1.165, 1.54) is 82.6 Å². The molecule has 0 amide bonds. The summed E-state index contributed by atoms with van der Waals surface area (Å²) in [5.41, 5.74) is 1.29. The van der Waals surface area contributed by atoms with Gasteiger partial charge in [-0.1, -0.05) is 50.5 Å². The third kappa shape index (κ3) is 7.09. The minimum atomic E-state index is -0.125. The predicted octanol–water partition coefficient (Wildman–Crippen LogP) is 8.12. The molecular weight excluding hydrogens is 331 g/mol. The fraction of sp³-hybridized carbons (Fsp3) is 0.692. The van der Waals surface area contributed by atoms with Crippen molar-refractivity contribution in [2.45, 2.75) is 90.4 Å². The van der Waals surface area contributed by atoms with Crippen molar-refractivity contribution in [2.24, 2.45) is 23.7 Å². The van der Waals surface area contributed by atoms with Crippen LogP contribution in [0.25, 0.3) is 0 Å². The summed E-state index contributed by atoms with van der Waals surface area (Å²) in [5.74, 6) is 3.45. The van der Waals surface area contributed by atoms with E-state index in [2.05, 4.69) is 19.1 Å². The van der Waals surface area contributed by atoms with Crippen molar-refractivity contribution in [3.8, 4) is 0 Å². The van der Waals surface area contributed by atoms with Gasteiger partial charge in [0.2, 0.25) is 0 Å². The number of unbranched alkanes of at least 4 members (excludes halogenated alkanes) is 1. The molecule has 2 aliphatic rings. The van der Waals surface area contributed by atoms with Crippen LogP contribution >= 0.6 is 0 Å². The SMILES string of the molecule is CCCCC1CCC(C=CC2CCC(CCc3ccc(F)cc3)CC2)CC1.